The van der Waals surface area contributed by atoms with E-state index in [1.807, 2.05) is 0 Å². The van der Waals surface area contributed by atoms with Crippen LogP contribution in [-0.4, -0.2) is 71.1 Å². The Hall–Kier alpha value is -0.612. The Morgan fingerprint density at radius 1 is 0.839 bits per heavy atom. The predicted molar refractivity (Wildman–Crippen MR) is 132 cm³/mol. The van der Waals surface area contributed by atoms with Crippen molar-refractivity contribution in [2.75, 3.05) is 20.3 Å². The number of hydrogen-bond donors (Lipinski definition) is 1. The highest BCUT2D eigenvalue weighted by Crippen LogP contribution is 2.32. The van der Waals surface area contributed by atoms with Gasteiger partial charge in [-0.15, -0.1) is 0 Å². The molecule has 0 saturated heterocycles. The van der Waals surface area contributed by atoms with E-state index in [-0.39, 0.29) is 12.5 Å². The SMILES string of the molecule is COCCC(COC(=O)C=CC(=O)O)C[Si](O[Si](C)(C)C)(O[Si](C)(C)C)O[Si](C)(C)C. The summed E-state index contributed by atoms with van der Waals surface area (Å²) in [7, 11) is -7.53. The Kier molecular flexibility index (Phi) is 12.3. The number of carboxylic acids is 1. The molecule has 8 nitrogen and oxygen atoms in total. The van der Waals surface area contributed by atoms with Crippen molar-refractivity contribution in [3.63, 3.8) is 0 Å². The summed E-state index contributed by atoms with van der Waals surface area (Å²) in [6.45, 7) is 19.7. The molecule has 0 rings (SSSR count). The largest absolute Gasteiger partial charge is 0.478 e. The van der Waals surface area contributed by atoms with Crippen molar-refractivity contribution >= 4 is 45.7 Å². The molecule has 0 aliphatic heterocycles. The number of rotatable bonds is 15. The van der Waals surface area contributed by atoms with Gasteiger partial charge in [0.15, 0.2) is 25.0 Å². The number of aliphatic carboxylic acids is 1. The van der Waals surface area contributed by atoms with Crippen molar-refractivity contribution in [1.82, 2.24) is 0 Å². The second-order valence-corrected chi connectivity index (χ2v) is 27.4. The van der Waals surface area contributed by atoms with Crippen molar-refractivity contribution in [3.05, 3.63) is 12.2 Å². The summed E-state index contributed by atoms with van der Waals surface area (Å²) in [5.74, 6) is -1.99. The highest BCUT2D eigenvalue weighted by Gasteiger charge is 2.51. The maximum Gasteiger partial charge on any atom is 0.469 e. The predicted octanol–water partition coefficient (Wildman–Crippen LogP) is 4.32. The van der Waals surface area contributed by atoms with Crippen molar-refractivity contribution in [1.29, 1.82) is 0 Å². The minimum atomic E-state index is -3.10. The van der Waals surface area contributed by atoms with Crippen LogP contribution in [0.2, 0.25) is 65.0 Å². The van der Waals surface area contributed by atoms with Crippen LogP contribution in [0.3, 0.4) is 0 Å². The minimum Gasteiger partial charge on any atom is -0.478 e. The molecule has 0 aromatic carbocycles. The quantitative estimate of drug-likeness (QED) is 0.197. The van der Waals surface area contributed by atoms with E-state index in [9.17, 15) is 9.59 Å². The van der Waals surface area contributed by atoms with Crippen LogP contribution in [0.15, 0.2) is 12.2 Å². The van der Waals surface area contributed by atoms with Gasteiger partial charge in [0.05, 0.1) is 6.61 Å². The molecule has 0 saturated carbocycles. The zero-order valence-electron chi connectivity index (χ0n) is 20.9. The standard InChI is InChI=1S/C19H42O8Si4/c1-23-14-13-17(15-24-19(22)12-11-18(20)21)16-31(25-28(2,3)4,26-29(5,6)7)27-30(8,9)10/h11-12,17H,13-16H2,1-10H3,(H,20,21). The maximum atomic E-state index is 11.9. The number of methoxy groups -OCH3 is 1. The Morgan fingerprint density at radius 2 is 1.29 bits per heavy atom. The Bertz CT molecular complexity index is 565. The van der Waals surface area contributed by atoms with E-state index in [0.29, 0.717) is 19.1 Å². The summed E-state index contributed by atoms with van der Waals surface area (Å²) >= 11 is 0. The van der Waals surface area contributed by atoms with E-state index in [1.54, 1.807) is 7.11 Å². The Balaban J connectivity index is 5.85. The van der Waals surface area contributed by atoms with Crippen LogP contribution in [0.1, 0.15) is 6.42 Å². The summed E-state index contributed by atoms with van der Waals surface area (Å²) < 4.78 is 30.7. The normalized spacial score (nSPS) is 14.6. The molecule has 0 bridgehead atoms. The Labute approximate surface area is 192 Å². The van der Waals surface area contributed by atoms with E-state index in [2.05, 4.69) is 58.9 Å². The highest BCUT2D eigenvalue weighted by molar-refractivity contribution is 6.90. The topological polar surface area (TPSA) is 101 Å². The van der Waals surface area contributed by atoms with Gasteiger partial charge in [-0.2, -0.15) is 0 Å². The van der Waals surface area contributed by atoms with Gasteiger partial charge in [0.1, 0.15) is 0 Å². The number of ether oxygens (including phenoxy) is 2. The lowest BCUT2D eigenvalue weighted by molar-refractivity contribution is -0.140. The van der Waals surface area contributed by atoms with Crippen molar-refractivity contribution in [3.8, 4) is 0 Å². The van der Waals surface area contributed by atoms with Gasteiger partial charge >= 0.3 is 20.7 Å². The van der Waals surface area contributed by atoms with Gasteiger partial charge in [0, 0.05) is 31.9 Å². The van der Waals surface area contributed by atoms with Gasteiger partial charge < -0.3 is 26.9 Å². The first-order chi connectivity index (χ1) is 13.9. The van der Waals surface area contributed by atoms with Crippen molar-refractivity contribution in [2.24, 2.45) is 5.92 Å². The lowest BCUT2D eigenvalue weighted by Crippen LogP contribution is -2.61. The fraction of sp³-hybridized carbons (Fsp3) is 0.789. The average Bonchev–Trinajstić information content (AvgIpc) is 2.50. The first-order valence-electron chi connectivity index (χ1n) is 10.5. The Morgan fingerprint density at radius 3 is 1.65 bits per heavy atom. The number of hydrogen-bond acceptors (Lipinski definition) is 7. The smallest absolute Gasteiger partial charge is 0.469 e. The molecular formula is C19H42O8Si4. The molecule has 0 heterocycles. The van der Waals surface area contributed by atoms with Gasteiger partial charge in [0.2, 0.25) is 0 Å². The van der Waals surface area contributed by atoms with Crippen LogP contribution in [0, 0.1) is 5.92 Å². The highest BCUT2D eigenvalue weighted by atomic mass is 28.5. The molecule has 0 aromatic rings. The summed E-state index contributed by atoms with van der Waals surface area (Å²) in [6, 6.07) is 0.519. The molecule has 31 heavy (non-hydrogen) atoms. The summed E-state index contributed by atoms with van der Waals surface area (Å²) in [6.07, 6.45) is 2.32. The fourth-order valence-corrected chi connectivity index (χ4v) is 17.7. The zero-order valence-corrected chi connectivity index (χ0v) is 24.9. The molecule has 0 radical (unpaired) electrons. The first-order valence-corrected chi connectivity index (χ1v) is 22.7. The molecular weight excluding hydrogens is 469 g/mol. The molecule has 0 spiro atoms. The lowest BCUT2D eigenvalue weighted by atomic mass is 10.1. The van der Waals surface area contributed by atoms with E-state index in [0.717, 1.165) is 12.2 Å². The van der Waals surface area contributed by atoms with Crippen LogP contribution in [0.4, 0.5) is 0 Å². The third kappa shape index (κ3) is 16.6. The van der Waals surface area contributed by atoms with Crippen LogP contribution in [0.25, 0.3) is 0 Å². The molecule has 1 N–H and O–H groups in total. The fourth-order valence-electron chi connectivity index (χ4n) is 2.86. The molecule has 0 aliphatic carbocycles. The van der Waals surface area contributed by atoms with Gasteiger partial charge in [0.25, 0.3) is 0 Å². The van der Waals surface area contributed by atoms with Gasteiger partial charge in [-0.1, -0.05) is 0 Å². The zero-order chi connectivity index (χ0) is 24.5. The molecule has 0 aromatic heterocycles. The number of carbonyl (C=O) groups excluding carboxylic acids is 1. The third-order valence-electron chi connectivity index (χ3n) is 3.48. The van der Waals surface area contributed by atoms with E-state index < -0.39 is 45.7 Å². The lowest BCUT2D eigenvalue weighted by Gasteiger charge is -2.44. The maximum absolute atomic E-state index is 11.9. The first kappa shape index (κ1) is 30.4. The molecule has 0 amide bonds. The third-order valence-corrected chi connectivity index (χ3v) is 15.6. The number of carboxylic acid groups (broad SMARTS) is 1. The second-order valence-electron chi connectivity index (χ2n) is 10.5. The van der Waals surface area contributed by atoms with Crippen LogP contribution in [-0.2, 0) is 31.4 Å². The molecule has 0 fully saturated rings. The van der Waals surface area contributed by atoms with E-state index in [1.165, 1.54) is 0 Å². The molecule has 0 aliphatic rings. The molecule has 1 unspecified atom stereocenters. The van der Waals surface area contributed by atoms with Gasteiger partial charge in [-0.25, -0.2) is 9.59 Å². The summed E-state index contributed by atoms with van der Waals surface area (Å²) in [5.41, 5.74) is 0. The van der Waals surface area contributed by atoms with Crippen LogP contribution in [0.5, 0.6) is 0 Å². The van der Waals surface area contributed by atoms with Crippen molar-refractivity contribution < 1.29 is 36.5 Å². The van der Waals surface area contributed by atoms with Crippen LogP contribution < -0.4 is 0 Å². The molecule has 1 atom stereocenters. The van der Waals surface area contributed by atoms with Gasteiger partial charge in [-0.05, 0) is 71.3 Å². The summed E-state index contributed by atoms with van der Waals surface area (Å²) in [5, 5.41) is 8.69. The number of esters is 1. The van der Waals surface area contributed by atoms with Crippen molar-refractivity contribution in [2.45, 2.75) is 71.4 Å². The van der Waals surface area contributed by atoms with E-state index >= 15 is 0 Å². The minimum absolute atomic E-state index is 0.0992. The van der Waals surface area contributed by atoms with E-state index in [4.69, 9.17) is 26.9 Å². The van der Waals surface area contributed by atoms with Crippen LogP contribution >= 0.6 is 0 Å². The second kappa shape index (κ2) is 12.6. The summed E-state index contributed by atoms with van der Waals surface area (Å²) in [4.78, 5) is 22.5. The average molecular weight is 511 g/mol. The molecule has 182 valence electrons. The molecule has 12 heteroatoms. The van der Waals surface area contributed by atoms with Gasteiger partial charge in [-0.3, -0.25) is 0 Å². The number of carbonyl (C=O) groups is 2. The monoisotopic (exact) mass is 510 g/mol.